The van der Waals surface area contributed by atoms with E-state index in [4.69, 9.17) is 9.16 Å². The zero-order chi connectivity index (χ0) is 8.74. The molecular weight excluding hydrogens is 156 g/mol. The van der Waals surface area contributed by atoms with Gasteiger partial charge >= 0.3 is 0 Å². The standard InChI is InChI=1S/C8H20O2Si/c1-5-6-9-7-8-10-11(2,3)4/h5-8H2,1-4H3. The predicted octanol–water partition coefficient (Wildman–Crippen LogP) is 2.26. The Morgan fingerprint density at radius 1 is 1.00 bits per heavy atom. The highest BCUT2D eigenvalue weighted by Crippen LogP contribution is 2.01. The van der Waals surface area contributed by atoms with Crippen LogP contribution < -0.4 is 0 Å². The van der Waals surface area contributed by atoms with Crippen molar-refractivity contribution in [3.05, 3.63) is 0 Å². The zero-order valence-electron chi connectivity index (χ0n) is 8.14. The van der Waals surface area contributed by atoms with Crippen LogP contribution in [0.3, 0.4) is 0 Å². The summed E-state index contributed by atoms with van der Waals surface area (Å²) in [6.45, 7) is 11.0. The molecule has 3 heteroatoms. The van der Waals surface area contributed by atoms with Crippen LogP contribution >= 0.6 is 0 Å². The smallest absolute Gasteiger partial charge is 0.183 e. The van der Waals surface area contributed by atoms with Crippen LogP contribution in [0, 0.1) is 0 Å². The molecule has 0 amide bonds. The van der Waals surface area contributed by atoms with E-state index in [1.54, 1.807) is 0 Å². The summed E-state index contributed by atoms with van der Waals surface area (Å²) in [5.41, 5.74) is 0. The Morgan fingerprint density at radius 3 is 2.09 bits per heavy atom. The molecule has 0 aliphatic rings. The van der Waals surface area contributed by atoms with E-state index in [1.807, 2.05) is 0 Å². The van der Waals surface area contributed by atoms with E-state index in [1.165, 1.54) is 0 Å². The van der Waals surface area contributed by atoms with Gasteiger partial charge in [-0.1, -0.05) is 6.92 Å². The molecule has 0 atom stereocenters. The lowest BCUT2D eigenvalue weighted by Gasteiger charge is -2.16. The van der Waals surface area contributed by atoms with Crippen LogP contribution in [-0.2, 0) is 9.16 Å². The summed E-state index contributed by atoms with van der Waals surface area (Å²) in [7, 11) is -1.30. The molecule has 0 rings (SSSR count). The minimum absolute atomic E-state index is 0.748. The number of hydrogen-bond acceptors (Lipinski definition) is 2. The highest BCUT2D eigenvalue weighted by molar-refractivity contribution is 6.69. The molecule has 0 aromatic carbocycles. The third-order valence-corrected chi connectivity index (χ3v) is 2.18. The minimum atomic E-state index is -1.30. The Kier molecular flexibility index (Phi) is 5.82. The molecule has 0 radical (unpaired) electrons. The Hall–Kier alpha value is 0.137. The fourth-order valence-corrected chi connectivity index (χ4v) is 1.35. The van der Waals surface area contributed by atoms with Gasteiger partial charge in [0.15, 0.2) is 8.32 Å². The summed E-state index contributed by atoms with van der Waals surface area (Å²) in [6, 6.07) is 0. The molecule has 0 unspecified atom stereocenters. The molecule has 0 heterocycles. The normalized spacial score (nSPS) is 12.0. The van der Waals surface area contributed by atoms with Crippen LogP contribution in [0.2, 0.25) is 19.6 Å². The largest absolute Gasteiger partial charge is 0.415 e. The molecule has 0 aliphatic carbocycles. The highest BCUT2D eigenvalue weighted by atomic mass is 28.4. The van der Waals surface area contributed by atoms with Crippen molar-refractivity contribution in [3.63, 3.8) is 0 Å². The summed E-state index contributed by atoms with van der Waals surface area (Å²) in [6.07, 6.45) is 1.09. The van der Waals surface area contributed by atoms with Crippen molar-refractivity contribution < 1.29 is 9.16 Å². The molecule has 0 saturated carbocycles. The number of ether oxygens (including phenoxy) is 1. The molecule has 11 heavy (non-hydrogen) atoms. The molecule has 2 nitrogen and oxygen atoms in total. The second-order valence-electron chi connectivity index (χ2n) is 3.57. The maximum absolute atomic E-state index is 5.59. The van der Waals surface area contributed by atoms with Gasteiger partial charge in [0.1, 0.15) is 0 Å². The van der Waals surface area contributed by atoms with E-state index in [-0.39, 0.29) is 0 Å². The summed E-state index contributed by atoms with van der Waals surface area (Å²) in [4.78, 5) is 0. The summed E-state index contributed by atoms with van der Waals surface area (Å²) in [5, 5.41) is 0. The van der Waals surface area contributed by atoms with Crippen molar-refractivity contribution in [1.29, 1.82) is 0 Å². The third-order valence-electron chi connectivity index (χ3n) is 1.11. The summed E-state index contributed by atoms with van der Waals surface area (Å²) >= 11 is 0. The molecule has 0 saturated heterocycles. The fraction of sp³-hybridized carbons (Fsp3) is 1.00. The topological polar surface area (TPSA) is 18.5 Å². The van der Waals surface area contributed by atoms with Gasteiger partial charge in [0.25, 0.3) is 0 Å². The van der Waals surface area contributed by atoms with Gasteiger partial charge in [-0.2, -0.15) is 0 Å². The average Bonchev–Trinajstić information content (AvgIpc) is 1.85. The summed E-state index contributed by atoms with van der Waals surface area (Å²) < 4.78 is 10.9. The van der Waals surface area contributed by atoms with Gasteiger partial charge in [0.2, 0.25) is 0 Å². The number of rotatable bonds is 6. The quantitative estimate of drug-likeness (QED) is 0.456. The van der Waals surface area contributed by atoms with Gasteiger partial charge in [0.05, 0.1) is 13.2 Å². The van der Waals surface area contributed by atoms with Gasteiger partial charge in [-0.05, 0) is 26.1 Å². The molecule has 0 aliphatic heterocycles. The van der Waals surface area contributed by atoms with Crippen LogP contribution in [0.25, 0.3) is 0 Å². The first-order chi connectivity index (χ1) is 5.06. The Bertz CT molecular complexity index is 88.6. The number of hydrogen-bond donors (Lipinski definition) is 0. The molecule has 68 valence electrons. The van der Waals surface area contributed by atoms with E-state index in [9.17, 15) is 0 Å². The molecule has 0 aromatic rings. The molecule has 0 spiro atoms. The monoisotopic (exact) mass is 176 g/mol. The van der Waals surface area contributed by atoms with Gasteiger partial charge in [-0.15, -0.1) is 0 Å². The lowest BCUT2D eigenvalue weighted by molar-refractivity contribution is 0.0984. The first-order valence-electron chi connectivity index (χ1n) is 4.28. The predicted molar refractivity (Wildman–Crippen MR) is 50.4 cm³/mol. The van der Waals surface area contributed by atoms with Gasteiger partial charge in [0, 0.05) is 6.61 Å². The van der Waals surface area contributed by atoms with E-state index < -0.39 is 8.32 Å². The minimum Gasteiger partial charge on any atom is -0.415 e. The lowest BCUT2D eigenvalue weighted by Crippen LogP contribution is -2.27. The van der Waals surface area contributed by atoms with Crippen LogP contribution in [0.15, 0.2) is 0 Å². The van der Waals surface area contributed by atoms with Crippen molar-refractivity contribution >= 4 is 8.32 Å². The Morgan fingerprint density at radius 2 is 1.64 bits per heavy atom. The molecule has 0 N–H and O–H groups in total. The fourth-order valence-electron chi connectivity index (χ4n) is 0.653. The Labute approximate surface area is 71.0 Å². The van der Waals surface area contributed by atoms with E-state index in [0.717, 1.165) is 26.2 Å². The SMILES string of the molecule is CCCOCCO[Si](C)(C)C. The second-order valence-corrected chi connectivity index (χ2v) is 8.09. The lowest BCUT2D eigenvalue weighted by atomic mass is 10.5. The summed E-state index contributed by atoms with van der Waals surface area (Å²) in [5.74, 6) is 0. The maximum Gasteiger partial charge on any atom is 0.183 e. The van der Waals surface area contributed by atoms with Crippen molar-refractivity contribution in [1.82, 2.24) is 0 Å². The van der Waals surface area contributed by atoms with E-state index in [2.05, 4.69) is 26.6 Å². The molecule has 0 aromatic heterocycles. The Balaban J connectivity index is 3.02. The van der Waals surface area contributed by atoms with Crippen molar-refractivity contribution in [3.8, 4) is 0 Å². The van der Waals surface area contributed by atoms with Crippen LogP contribution in [-0.4, -0.2) is 28.1 Å². The van der Waals surface area contributed by atoms with E-state index in [0.29, 0.717) is 0 Å². The zero-order valence-corrected chi connectivity index (χ0v) is 9.14. The van der Waals surface area contributed by atoms with Crippen LogP contribution in [0.1, 0.15) is 13.3 Å². The first-order valence-corrected chi connectivity index (χ1v) is 7.69. The second kappa shape index (κ2) is 5.74. The van der Waals surface area contributed by atoms with Crippen LogP contribution in [0.5, 0.6) is 0 Å². The van der Waals surface area contributed by atoms with Gasteiger partial charge < -0.3 is 9.16 Å². The van der Waals surface area contributed by atoms with Crippen molar-refractivity contribution in [2.45, 2.75) is 33.0 Å². The maximum atomic E-state index is 5.59. The molecule has 0 fully saturated rings. The van der Waals surface area contributed by atoms with Crippen molar-refractivity contribution in [2.75, 3.05) is 19.8 Å². The first kappa shape index (κ1) is 11.1. The van der Waals surface area contributed by atoms with Crippen LogP contribution in [0.4, 0.5) is 0 Å². The average molecular weight is 176 g/mol. The molecule has 0 bridgehead atoms. The highest BCUT2D eigenvalue weighted by Gasteiger charge is 2.12. The third kappa shape index (κ3) is 10.1. The van der Waals surface area contributed by atoms with Crippen molar-refractivity contribution in [2.24, 2.45) is 0 Å². The van der Waals surface area contributed by atoms with Gasteiger partial charge in [-0.25, -0.2) is 0 Å². The van der Waals surface area contributed by atoms with Gasteiger partial charge in [-0.3, -0.25) is 0 Å². The van der Waals surface area contributed by atoms with E-state index >= 15 is 0 Å². The molecular formula is C8H20O2Si.